The molecule has 1 aliphatic carbocycles. The highest BCUT2D eigenvalue weighted by Gasteiger charge is 2.25. The molecule has 0 saturated heterocycles. The van der Waals surface area contributed by atoms with Gasteiger partial charge in [-0.1, -0.05) is 42.5 Å². The molecular weight excluding hydrogens is 427 g/mol. The average Bonchev–Trinajstić information content (AvgIpc) is 2.95. The van der Waals surface area contributed by atoms with Crippen LogP contribution in [0.4, 0.5) is 14.5 Å². The van der Waals surface area contributed by atoms with Crippen LogP contribution in [0.15, 0.2) is 60.7 Å². The van der Waals surface area contributed by atoms with Crippen molar-refractivity contribution in [3.05, 3.63) is 66.5 Å². The third kappa shape index (κ3) is 2.46. The summed E-state index contributed by atoms with van der Waals surface area (Å²) in [6, 6.07) is 10.7. The molecular formula is C18H12F2INS. The lowest BCUT2D eigenvalue weighted by atomic mass is 10.1. The van der Waals surface area contributed by atoms with E-state index < -0.39 is 6.17 Å². The van der Waals surface area contributed by atoms with Crippen molar-refractivity contribution in [2.75, 3.05) is 3.11 Å². The molecule has 2 aromatic carbocycles. The van der Waals surface area contributed by atoms with Crippen LogP contribution in [0.1, 0.15) is 0 Å². The van der Waals surface area contributed by atoms with E-state index in [2.05, 4.69) is 22.9 Å². The van der Waals surface area contributed by atoms with Crippen LogP contribution in [0.3, 0.4) is 0 Å². The van der Waals surface area contributed by atoms with E-state index in [1.54, 1.807) is 18.2 Å². The minimum Gasteiger partial charge on any atom is -0.303 e. The summed E-state index contributed by atoms with van der Waals surface area (Å²) in [5.74, 6) is -0.210. The van der Waals surface area contributed by atoms with Gasteiger partial charge < -0.3 is 3.11 Å². The van der Waals surface area contributed by atoms with E-state index in [0.29, 0.717) is 4.70 Å². The molecule has 0 saturated carbocycles. The van der Waals surface area contributed by atoms with E-state index in [1.807, 2.05) is 39.5 Å². The van der Waals surface area contributed by atoms with E-state index in [1.165, 1.54) is 17.4 Å². The first-order chi connectivity index (χ1) is 11.2. The zero-order chi connectivity index (χ0) is 16.0. The van der Waals surface area contributed by atoms with Crippen LogP contribution in [0.5, 0.6) is 0 Å². The molecule has 0 bridgehead atoms. The second-order valence-electron chi connectivity index (χ2n) is 5.39. The Morgan fingerprint density at radius 2 is 1.65 bits per heavy atom. The fourth-order valence-corrected chi connectivity index (χ4v) is 5.14. The van der Waals surface area contributed by atoms with Crippen LogP contribution in [-0.2, 0) is 0 Å². The molecule has 0 aliphatic heterocycles. The molecule has 2 unspecified atom stereocenters. The average molecular weight is 439 g/mol. The van der Waals surface area contributed by atoms with Crippen LogP contribution < -0.4 is 3.11 Å². The summed E-state index contributed by atoms with van der Waals surface area (Å²) in [4.78, 5) is 0. The standard InChI is InChI=1S/C18H12F2INS/c19-13-7-1-2-9-15(13)22(21)16-10-4-6-12-11-5-3-8-14(20)17(11)23-18(12)16/h1-10,13,15H. The fraction of sp³-hybridized carbons (Fsp3) is 0.111. The lowest BCUT2D eigenvalue weighted by Gasteiger charge is -2.28. The van der Waals surface area contributed by atoms with E-state index in [4.69, 9.17) is 0 Å². The summed E-state index contributed by atoms with van der Waals surface area (Å²) < 4.78 is 31.8. The monoisotopic (exact) mass is 439 g/mol. The fourth-order valence-electron chi connectivity index (χ4n) is 2.87. The molecule has 0 amide bonds. The van der Waals surface area contributed by atoms with E-state index >= 15 is 0 Å². The number of alkyl halides is 1. The van der Waals surface area contributed by atoms with Gasteiger partial charge in [0.25, 0.3) is 0 Å². The summed E-state index contributed by atoms with van der Waals surface area (Å²) in [6.45, 7) is 0. The lowest BCUT2D eigenvalue weighted by molar-refractivity contribution is 0.374. The van der Waals surface area contributed by atoms with Crippen molar-refractivity contribution in [2.24, 2.45) is 0 Å². The third-order valence-electron chi connectivity index (χ3n) is 3.99. The number of nitrogens with zero attached hydrogens (tertiary/aromatic N) is 1. The number of hydrogen-bond donors (Lipinski definition) is 0. The van der Waals surface area contributed by atoms with Crippen molar-refractivity contribution in [1.82, 2.24) is 0 Å². The predicted molar refractivity (Wildman–Crippen MR) is 103 cm³/mol. The molecule has 5 heteroatoms. The SMILES string of the molecule is Fc1cccc2c1sc1c(N(I)C3C=CC=CC3F)cccc12. The van der Waals surface area contributed by atoms with Gasteiger partial charge in [0.15, 0.2) is 0 Å². The van der Waals surface area contributed by atoms with Crippen LogP contribution in [0.2, 0.25) is 0 Å². The van der Waals surface area contributed by atoms with Crippen molar-refractivity contribution < 1.29 is 8.78 Å². The van der Waals surface area contributed by atoms with E-state index in [-0.39, 0.29) is 11.9 Å². The molecule has 0 radical (unpaired) electrons. The van der Waals surface area contributed by atoms with Gasteiger partial charge in [-0.05, 0) is 18.2 Å². The Kier molecular flexibility index (Phi) is 3.85. The highest BCUT2D eigenvalue weighted by molar-refractivity contribution is 14.1. The van der Waals surface area contributed by atoms with Gasteiger partial charge >= 0.3 is 0 Å². The number of hydrogen-bond acceptors (Lipinski definition) is 2. The molecule has 0 N–H and O–H groups in total. The molecule has 0 spiro atoms. The Bertz CT molecular complexity index is 947. The minimum atomic E-state index is -1.06. The van der Waals surface area contributed by atoms with Gasteiger partial charge in [0.2, 0.25) is 0 Å². The van der Waals surface area contributed by atoms with Crippen LogP contribution in [-0.4, -0.2) is 12.2 Å². The number of rotatable bonds is 2. The number of thiophene rings is 1. The zero-order valence-electron chi connectivity index (χ0n) is 11.9. The maximum atomic E-state index is 14.2. The molecule has 1 nitrogen and oxygen atoms in total. The van der Waals surface area contributed by atoms with E-state index in [9.17, 15) is 8.78 Å². The lowest BCUT2D eigenvalue weighted by Crippen LogP contribution is -2.33. The predicted octanol–water partition coefficient (Wildman–Crippen LogP) is 6.18. The van der Waals surface area contributed by atoms with Crippen molar-refractivity contribution in [2.45, 2.75) is 12.2 Å². The Labute approximate surface area is 150 Å². The third-order valence-corrected chi connectivity index (χ3v) is 6.40. The zero-order valence-corrected chi connectivity index (χ0v) is 14.9. The molecule has 1 aromatic heterocycles. The van der Waals surface area contributed by atoms with Gasteiger partial charge in [-0.25, -0.2) is 8.78 Å². The normalized spacial score (nSPS) is 20.5. The first-order valence-electron chi connectivity index (χ1n) is 7.20. The summed E-state index contributed by atoms with van der Waals surface area (Å²) in [5.41, 5.74) is 0.913. The van der Waals surface area contributed by atoms with Crippen molar-refractivity contribution in [3.8, 4) is 0 Å². The number of fused-ring (bicyclic) bond motifs is 3. The molecule has 2 atom stereocenters. The van der Waals surface area contributed by atoms with Crippen LogP contribution in [0, 0.1) is 5.82 Å². The topological polar surface area (TPSA) is 3.24 Å². The van der Waals surface area contributed by atoms with Gasteiger partial charge in [-0.2, -0.15) is 0 Å². The van der Waals surface area contributed by atoms with Crippen molar-refractivity contribution >= 4 is 60.1 Å². The van der Waals surface area contributed by atoms with Gasteiger partial charge in [0.1, 0.15) is 12.0 Å². The Balaban J connectivity index is 1.90. The number of anilines is 1. The summed E-state index contributed by atoms with van der Waals surface area (Å²) in [7, 11) is 0. The highest BCUT2D eigenvalue weighted by Crippen LogP contribution is 2.42. The van der Waals surface area contributed by atoms with Crippen molar-refractivity contribution in [3.63, 3.8) is 0 Å². The Morgan fingerprint density at radius 1 is 0.957 bits per heavy atom. The smallest absolute Gasteiger partial charge is 0.143 e. The molecule has 1 aliphatic rings. The molecule has 116 valence electrons. The van der Waals surface area contributed by atoms with Gasteiger partial charge in [-0.3, -0.25) is 0 Å². The largest absolute Gasteiger partial charge is 0.303 e. The highest BCUT2D eigenvalue weighted by atomic mass is 127. The Hall–Kier alpha value is -1.47. The summed E-state index contributed by atoms with van der Waals surface area (Å²) >= 11 is 3.57. The second-order valence-corrected chi connectivity index (χ2v) is 7.45. The maximum Gasteiger partial charge on any atom is 0.143 e. The summed E-state index contributed by atoms with van der Waals surface area (Å²) in [6.07, 6.45) is 5.93. The number of halogens is 3. The van der Waals surface area contributed by atoms with Crippen LogP contribution >= 0.6 is 34.2 Å². The minimum absolute atomic E-state index is 0.210. The van der Waals surface area contributed by atoms with Gasteiger partial charge in [-0.15, -0.1) is 11.3 Å². The molecule has 1 heterocycles. The first kappa shape index (κ1) is 15.1. The van der Waals surface area contributed by atoms with Gasteiger partial charge in [0, 0.05) is 10.8 Å². The second kappa shape index (κ2) is 5.87. The van der Waals surface area contributed by atoms with Crippen LogP contribution in [0.25, 0.3) is 20.2 Å². The maximum absolute atomic E-state index is 14.2. The van der Waals surface area contributed by atoms with Gasteiger partial charge in [0.05, 0.1) is 44.0 Å². The molecule has 0 fully saturated rings. The van der Waals surface area contributed by atoms with Crippen molar-refractivity contribution in [1.29, 1.82) is 0 Å². The molecule has 23 heavy (non-hydrogen) atoms. The summed E-state index contributed by atoms with van der Waals surface area (Å²) in [5, 5.41) is 1.92. The number of benzene rings is 2. The number of allylic oxidation sites excluding steroid dienone is 2. The molecule has 3 aromatic rings. The first-order valence-corrected chi connectivity index (χ1v) is 8.99. The van der Waals surface area contributed by atoms with E-state index in [0.717, 1.165) is 21.2 Å². The quantitative estimate of drug-likeness (QED) is 0.340. The Morgan fingerprint density at radius 3 is 2.43 bits per heavy atom. The molecule has 4 rings (SSSR count).